The van der Waals surface area contributed by atoms with Crippen molar-refractivity contribution in [3.05, 3.63) is 73.5 Å². The summed E-state index contributed by atoms with van der Waals surface area (Å²) < 4.78 is 20.5. The summed E-state index contributed by atoms with van der Waals surface area (Å²) in [5, 5.41) is 11.7. The number of rotatable bonds is 5. The molecule has 3 rings (SSSR count). The van der Waals surface area contributed by atoms with Gasteiger partial charge in [-0.15, -0.1) is 0 Å². The van der Waals surface area contributed by atoms with Gasteiger partial charge in [0.05, 0.1) is 16.9 Å². The third-order valence-electron chi connectivity index (χ3n) is 3.73. The molecule has 1 amide bonds. The number of aromatic amines is 1. The summed E-state index contributed by atoms with van der Waals surface area (Å²) in [4.78, 5) is 18.4. The van der Waals surface area contributed by atoms with Gasteiger partial charge in [0.25, 0.3) is 5.91 Å². The van der Waals surface area contributed by atoms with Gasteiger partial charge in [-0.1, -0.05) is 52.5 Å². The number of halogens is 5. The van der Waals surface area contributed by atoms with Crippen molar-refractivity contribution >= 4 is 52.3 Å². The fourth-order valence-electron chi connectivity index (χ4n) is 2.33. The highest BCUT2D eigenvalue weighted by molar-refractivity contribution is 6.35. The van der Waals surface area contributed by atoms with Crippen molar-refractivity contribution in [3.63, 3.8) is 0 Å². The lowest BCUT2D eigenvalue weighted by Gasteiger charge is -2.14. The number of benzene rings is 2. The molecule has 0 aliphatic heterocycles. The number of amides is 1. The fourth-order valence-corrected chi connectivity index (χ4v) is 3.11. The number of H-pyrrole nitrogens is 1. The molecule has 148 valence electrons. The van der Waals surface area contributed by atoms with Gasteiger partial charge in [-0.05, 0) is 12.1 Å². The number of hydrogen-bond acceptors (Lipinski definition) is 4. The monoisotopic (exact) mass is 472 g/mol. The Morgan fingerprint density at radius 2 is 2.03 bits per heavy atom. The van der Waals surface area contributed by atoms with Crippen LogP contribution in [-0.2, 0) is 6.54 Å². The minimum absolute atomic E-state index is 0.00741. The number of imidazole rings is 1. The first-order valence-corrected chi connectivity index (χ1v) is 9.34. The number of carbonyl (C=O) groups excluding carboxylic acids is 1. The van der Waals surface area contributed by atoms with Gasteiger partial charge in [0.15, 0.2) is 16.7 Å². The van der Waals surface area contributed by atoms with Gasteiger partial charge in [0.2, 0.25) is 0 Å². The van der Waals surface area contributed by atoms with E-state index in [0.717, 1.165) is 0 Å². The molecule has 0 bridgehead atoms. The molecule has 0 spiro atoms. The average molecular weight is 474 g/mol. The zero-order valence-electron chi connectivity index (χ0n) is 14.2. The minimum Gasteiger partial charge on any atom is -0.451 e. The van der Waals surface area contributed by atoms with Gasteiger partial charge >= 0.3 is 0 Å². The Kier molecular flexibility index (Phi) is 6.50. The van der Waals surface area contributed by atoms with E-state index >= 15 is 0 Å². The van der Waals surface area contributed by atoms with Crippen molar-refractivity contribution in [2.24, 2.45) is 0 Å². The van der Waals surface area contributed by atoms with Crippen molar-refractivity contribution in [2.45, 2.75) is 6.54 Å². The molecule has 1 heterocycles. The smallest absolute Gasteiger partial charge is 0.271 e. The van der Waals surface area contributed by atoms with Crippen LogP contribution in [0.2, 0.25) is 20.2 Å². The van der Waals surface area contributed by atoms with E-state index in [9.17, 15) is 9.18 Å². The highest BCUT2D eigenvalue weighted by Crippen LogP contribution is 2.39. The highest BCUT2D eigenvalue weighted by Gasteiger charge is 2.19. The van der Waals surface area contributed by atoms with Crippen LogP contribution in [0, 0.1) is 17.1 Å². The Balaban J connectivity index is 1.87. The van der Waals surface area contributed by atoms with Crippen molar-refractivity contribution < 1.29 is 13.9 Å². The maximum atomic E-state index is 15.0. The Bertz CT molecular complexity index is 1140. The number of ether oxygens (including phenoxy) is 1. The van der Waals surface area contributed by atoms with Gasteiger partial charge in [-0.25, -0.2) is 9.37 Å². The van der Waals surface area contributed by atoms with Crippen LogP contribution in [0.15, 0.2) is 30.6 Å². The maximum absolute atomic E-state index is 15.0. The van der Waals surface area contributed by atoms with Gasteiger partial charge in [0.1, 0.15) is 22.5 Å². The lowest BCUT2D eigenvalue weighted by atomic mass is 10.2. The maximum Gasteiger partial charge on any atom is 0.271 e. The lowest BCUT2D eigenvalue weighted by molar-refractivity contribution is 0.0946. The second-order valence-electron chi connectivity index (χ2n) is 5.58. The molecular weight excluding hydrogens is 465 g/mol. The van der Waals surface area contributed by atoms with Crippen molar-refractivity contribution in [1.29, 1.82) is 5.26 Å². The summed E-state index contributed by atoms with van der Waals surface area (Å²) in [5.41, 5.74) is 0.199. The molecule has 0 aliphatic rings. The summed E-state index contributed by atoms with van der Waals surface area (Å²) in [6, 6.07) is 7.33. The number of nitrogens with one attached hydrogen (secondary N) is 2. The van der Waals surface area contributed by atoms with Crippen LogP contribution in [0.3, 0.4) is 0 Å². The summed E-state index contributed by atoms with van der Waals surface area (Å²) in [6.45, 7) is -0.180. The molecule has 0 aliphatic carbocycles. The first kappa shape index (κ1) is 21.2. The van der Waals surface area contributed by atoms with Crippen molar-refractivity contribution in [3.8, 4) is 17.6 Å². The second-order valence-corrected chi connectivity index (χ2v) is 7.16. The summed E-state index contributed by atoms with van der Waals surface area (Å²) in [7, 11) is 0. The molecule has 1 aromatic heterocycles. The Labute approximate surface area is 184 Å². The van der Waals surface area contributed by atoms with Gasteiger partial charge in [-0.3, -0.25) is 4.79 Å². The fraction of sp³-hybridized carbons (Fsp3) is 0.0556. The zero-order chi connectivity index (χ0) is 21.1. The zero-order valence-corrected chi connectivity index (χ0v) is 17.2. The lowest BCUT2D eigenvalue weighted by Crippen LogP contribution is -2.24. The van der Waals surface area contributed by atoms with Crippen LogP contribution < -0.4 is 10.1 Å². The molecule has 0 atom stereocenters. The van der Waals surface area contributed by atoms with E-state index in [1.54, 1.807) is 0 Å². The molecule has 3 aromatic rings. The third kappa shape index (κ3) is 4.57. The van der Waals surface area contributed by atoms with Crippen LogP contribution in [-0.4, -0.2) is 15.9 Å². The van der Waals surface area contributed by atoms with E-state index in [1.165, 1.54) is 30.6 Å². The summed E-state index contributed by atoms with van der Waals surface area (Å²) >= 11 is 23.9. The first-order chi connectivity index (χ1) is 13.8. The molecule has 0 saturated heterocycles. The molecule has 2 N–H and O–H groups in total. The van der Waals surface area contributed by atoms with E-state index in [1.807, 2.05) is 6.07 Å². The van der Waals surface area contributed by atoms with Crippen LogP contribution in [0.4, 0.5) is 4.39 Å². The number of aromatic nitrogens is 2. The predicted octanol–water partition coefficient (Wildman–Crippen LogP) is 5.76. The second kappa shape index (κ2) is 8.89. The van der Waals surface area contributed by atoms with E-state index in [-0.39, 0.29) is 55.1 Å². The van der Waals surface area contributed by atoms with Gasteiger partial charge in [-0.2, -0.15) is 5.26 Å². The number of nitrogens with zero attached hydrogens (tertiary/aromatic N) is 2. The Morgan fingerprint density at radius 3 is 2.69 bits per heavy atom. The largest absolute Gasteiger partial charge is 0.451 e. The molecular formula is C18H9Cl4FN4O2. The molecule has 0 saturated carbocycles. The van der Waals surface area contributed by atoms with E-state index < -0.39 is 11.7 Å². The molecule has 11 heteroatoms. The van der Waals surface area contributed by atoms with Crippen LogP contribution in [0.5, 0.6) is 11.5 Å². The molecule has 0 fully saturated rings. The number of hydrogen-bond donors (Lipinski definition) is 2. The highest BCUT2D eigenvalue weighted by atomic mass is 35.5. The molecule has 0 unspecified atom stereocenters. The third-order valence-corrected chi connectivity index (χ3v) is 4.92. The topological polar surface area (TPSA) is 90.8 Å². The molecule has 29 heavy (non-hydrogen) atoms. The Morgan fingerprint density at radius 1 is 1.28 bits per heavy atom. The van der Waals surface area contributed by atoms with Crippen molar-refractivity contribution in [2.75, 3.05) is 0 Å². The van der Waals surface area contributed by atoms with E-state index in [0.29, 0.717) is 0 Å². The van der Waals surface area contributed by atoms with E-state index in [4.69, 9.17) is 56.4 Å². The predicted molar refractivity (Wildman–Crippen MR) is 107 cm³/mol. The molecule has 6 nitrogen and oxygen atoms in total. The average Bonchev–Trinajstić information content (AvgIpc) is 3.12. The summed E-state index contributed by atoms with van der Waals surface area (Å²) in [6.07, 6.45) is 1.26. The normalized spacial score (nSPS) is 10.5. The van der Waals surface area contributed by atoms with Crippen LogP contribution in [0.1, 0.15) is 21.6 Å². The first-order valence-electron chi connectivity index (χ1n) is 7.82. The number of nitriles is 1. The van der Waals surface area contributed by atoms with Crippen molar-refractivity contribution in [1.82, 2.24) is 15.3 Å². The summed E-state index contributed by atoms with van der Waals surface area (Å²) in [5.74, 6) is -1.75. The minimum atomic E-state index is -0.817. The van der Waals surface area contributed by atoms with Crippen LogP contribution in [0.25, 0.3) is 0 Å². The van der Waals surface area contributed by atoms with Gasteiger partial charge < -0.3 is 15.0 Å². The van der Waals surface area contributed by atoms with Gasteiger partial charge in [0, 0.05) is 23.2 Å². The Hall–Kier alpha value is -2.50. The quantitative estimate of drug-likeness (QED) is 0.493. The molecule has 2 aromatic carbocycles. The standard InChI is InChI=1S/C18H9Cl4FN4O2/c19-10-3-9(5-24)13(21)12(4-10)29-16-11(20)2-1-8(14(16)23)6-25-18(28)15-17(22)27-7-26-15/h1-4,7H,6H2,(H,25,28)(H,26,27). The number of carbonyl (C=O) groups is 1. The SMILES string of the molecule is N#Cc1cc(Cl)cc(Oc2c(Cl)ccc(CNC(=O)c3[nH]cnc3Cl)c2F)c1Cl. The van der Waals surface area contributed by atoms with E-state index in [2.05, 4.69) is 15.3 Å². The molecule has 0 radical (unpaired) electrons. The van der Waals surface area contributed by atoms with Crippen LogP contribution >= 0.6 is 46.4 Å².